The first kappa shape index (κ1) is 6.75. The van der Waals surface area contributed by atoms with E-state index in [1.807, 2.05) is 0 Å². The number of amides is 1. The molecule has 0 aromatic rings. The Morgan fingerprint density at radius 2 is 1.88 bits per heavy atom. The van der Waals surface area contributed by atoms with Crippen molar-refractivity contribution in [2.45, 2.75) is 0 Å². The highest BCUT2D eigenvalue weighted by atomic mass is 16.1. The van der Waals surface area contributed by atoms with Gasteiger partial charge in [0.15, 0.2) is 0 Å². The molecule has 0 bridgehead atoms. The average molecular weight is 112 g/mol. The fourth-order valence-electron chi connectivity index (χ4n) is 0.189. The summed E-state index contributed by atoms with van der Waals surface area (Å²) in [7, 11) is 0. The summed E-state index contributed by atoms with van der Waals surface area (Å²) in [6, 6.07) is 0. The highest BCUT2D eigenvalue weighted by Crippen LogP contribution is 1.77. The molecule has 0 fully saturated rings. The molecule has 0 saturated heterocycles. The summed E-state index contributed by atoms with van der Waals surface area (Å²) in [5.74, 6) is -0.517. The molecule has 0 radical (unpaired) electrons. The first-order chi connectivity index (χ1) is 3.63. The molecule has 0 aromatic carbocycles. The number of hydrogen-bond acceptors (Lipinski definition) is 2. The van der Waals surface area contributed by atoms with Crippen LogP contribution in [0.3, 0.4) is 0 Å². The van der Waals surface area contributed by atoms with Gasteiger partial charge in [-0.15, -0.1) is 0 Å². The Morgan fingerprint density at radius 3 is 2.00 bits per heavy atom. The normalized spacial score (nSPS) is 9.50. The zero-order chi connectivity index (χ0) is 6.57. The van der Waals surface area contributed by atoms with Gasteiger partial charge in [0.2, 0.25) is 5.91 Å². The van der Waals surface area contributed by atoms with E-state index in [-0.39, 0.29) is 0 Å². The maximum Gasteiger partial charge on any atom is 0.241 e. The molecule has 3 nitrogen and oxygen atoms in total. The largest absolute Gasteiger partial charge is 0.399 e. The monoisotopic (exact) mass is 112 g/mol. The Labute approximate surface area is 47.7 Å². The highest BCUT2D eigenvalue weighted by Gasteiger charge is 1.79. The van der Waals surface area contributed by atoms with Gasteiger partial charge in [-0.2, -0.15) is 0 Å². The summed E-state index contributed by atoms with van der Waals surface area (Å²) < 4.78 is 0. The minimum atomic E-state index is -0.517. The van der Waals surface area contributed by atoms with Crippen LogP contribution in [0.25, 0.3) is 0 Å². The maximum atomic E-state index is 9.94. The maximum absolute atomic E-state index is 9.94. The van der Waals surface area contributed by atoms with Crippen LogP contribution in [0.2, 0.25) is 0 Å². The van der Waals surface area contributed by atoms with E-state index in [1.165, 1.54) is 6.08 Å². The Kier molecular flexibility index (Phi) is 2.40. The molecule has 0 aromatic heterocycles. The molecule has 0 spiro atoms. The second-order valence-corrected chi connectivity index (χ2v) is 1.31. The van der Waals surface area contributed by atoms with Crippen molar-refractivity contribution in [3.8, 4) is 0 Å². The van der Waals surface area contributed by atoms with Crippen molar-refractivity contribution in [1.29, 1.82) is 0 Å². The summed E-state index contributed by atoms with van der Waals surface area (Å²) in [6.45, 7) is 3.31. The van der Waals surface area contributed by atoms with Crippen molar-refractivity contribution in [2.24, 2.45) is 11.5 Å². The second-order valence-electron chi connectivity index (χ2n) is 1.31. The SMILES string of the molecule is C=C(N)/C=C\C(N)=O. The number of rotatable bonds is 2. The van der Waals surface area contributed by atoms with Crippen molar-refractivity contribution < 1.29 is 4.79 Å². The number of allylic oxidation sites excluding steroid dienone is 1. The van der Waals surface area contributed by atoms with Crippen molar-refractivity contribution in [3.05, 3.63) is 24.4 Å². The van der Waals surface area contributed by atoms with Gasteiger partial charge < -0.3 is 11.5 Å². The zero-order valence-corrected chi connectivity index (χ0v) is 4.42. The lowest BCUT2D eigenvalue weighted by atomic mass is 10.4. The van der Waals surface area contributed by atoms with Crippen molar-refractivity contribution in [1.82, 2.24) is 0 Å². The third kappa shape index (κ3) is 4.75. The smallest absolute Gasteiger partial charge is 0.241 e. The van der Waals surface area contributed by atoms with Gasteiger partial charge in [-0.05, 0) is 6.08 Å². The van der Waals surface area contributed by atoms with Crippen LogP contribution in [0, 0.1) is 0 Å². The molecule has 44 valence electrons. The van der Waals surface area contributed by atoms with E-state index < -0.39 is 5.91 Å². The minimum absolute atomic E-state index is 0.323. The lowest BCUT2D eigenvalue weighted by molar-refractivity contribution is -0.113. The lowest BCUT2D eigenvalue weighted by Gasteiger charge is -1.81. The Balaban J connectivity index is 3.67. The van der Waals surface area contributed by atoms with Crippen molar-refractivity contribution in [2.75, 3.05) is 0 Å². The van der Waals surface area contributed by atoms with Gasteiger partial charge in [-0.1, -0.05) is 6.58 Å². The van der Waals surface area contributed by atoms with Gasteiger partial charge in [0.05, 0.1) is 0 Å². The number of nitrogens with two attached hydrogens (primary N) is 2. The molecule has 0 rings (SSSR count). The molecule has 1 amide bonds. The summed E-state index contributed by atoms with van der Waals surface area (Å²) in [4.78, 5) is 9.94. The van der Waals surface area contributed by atoms with E-state index in [1.54, 1.807) is 0 Å². The van der Waals surface area contributed by atoms with Crippen LogP contribution >= 0.6 is 0 Å². The Bertz CT molecular complexity index is 121. The van der Waals surface area contributed by atoms with E-state index in [9.17, 15) is 4.79 Å². The number of primary amides is 1. The summed E-state index contributed by atoms with van der Waals surface area (Å²) >= 11 is 0. The van der Waals surface area contributed by atoms with Crippen molar-refractivity contribution in [3.63, 3.8) is 0 Å². The standard InChI is InChI=1S/C5H8N2O/c1-4(6)2-3-5(7)8/h2-3H,1,6H2,(H2,7,8)/b3-2-. The van der Waals surface area contributed by atoms with E-state index >= 15 is 0 Å². The minimum Gasteiger partial charge on any atom is -0.399 e. The predicted molar refractivity (Wildman–Crippen MR) is 31.7 cm³/mol. The summed E-state index contributed by atoms with van der Waals surface area (Å²) in [5.41, 5.74) is 10.1. The van der Waals surface area contributed by atoms with Crippen LogP contribution in [0.15, 0.2) is 24.4 Å². The third-order valence-corrected chi connectivity index (χ3v) is 0.462. The molecule has 0 unspecified atom stereocenters. The van der Waals surface area contributed by atoms with Gasteiger partial charge in [-0.3, -0.25) is 4.79 Å². The molecule has 0 aliphatic heterocycles. The number of carbonyl (C=O) groups excluding carboxylic acids is 1. The molecular weight excluding hydrogens is 104 g/mol. The van der Waals surface area contributed by atoms with E-state index in [0.717, 1.165) is 6.08 Å². The van der Waals surface area contributed by atoms with Gasteiger partial charge in [-0.25, -0.2) is 0 Å². The molecule has 3 heteroatoms. The van der Waals surface area contributed by atoms with Crippen LogP contribution in [-0.2, 0) is 4.79 Å². The van der Waals surface area contributed by atoms with Gasteiger partial charge in [0, 0.05) is 11.8 Å². The quantitative estimate of drug-likeness (QED) is 0.373. The van der Waals surface area contributed by atoms with E-state index in [4.69, 9.17) is 11.5 Å². The topological polar surface area (TPSA) is 69.1 Å². The van der Waals surface area contributed by atoms with E-state index in [2.05, 4.69) is 6.58 Å². The first-order valence-electron chi connectivity index (χ1n) is 2.05. The first-order valence-corrected chi connectivity index (χ1v) is 2.05. The lowest BCUT2D eigenvalue weighted by Crippen LogP contribution is -2.06. The molecule has 0 aliphatic carbocycles. The zero-order valence-electron chi connectivity index (χ0n) is 4.42. The molecule has 0 aliphatic rings. The second kappa shape index (κ2) is 2.85. The molecular formula is C5H8N2O. The summed E-state index contributed by atoms with van der Waals surface area (Å²) in [5, 5.41) is 0. The number of hydrogen-bond donors (Lipinski definition) is 2. The van der Waals surface area contributed by atoms with E-state index in [0.29, 0.717) is 5.70 Å². The third-order valence-electron chi connectivity index (χ3n) is 0.462. The van der Waals surface area contributed by atoms with Crippen LogP contribution in [0.1, 0.15) is 0 Å². The van der Waals surface area contributed by atoms with Gasteiger partial charge in [0.25, 0.3) is 0 Å². The van der Waals surface area contributed by atoms with Crippen molar-refractivity contribution >= 4 is 5.91 Å². The fraction of sp³-hybridized carbons (Fsp3) is 0. The van der Waals surface area contributed by atoms with Crippen LogP contribution in [0.4, 0.5) is 0 Å². The molecule has 0 atom stereocenters. The highest BCUT2D eigenvalue weighted by molar-refractivity contribution is 5.86. The summed E-state index contributed by atoms with van der Waals surface area (Å²) in [6.07, 6.45) is 2.50. The molecule has 4 N–H and O–H groups in total. The van der Waals surface area contributed by atoms with Crippen LogP contribution < -0.4 is 11.5 Å². The fourth-order valence-corrected chi connectivity index (χ4v) is 0.189. The average Bonchev–Trinajstić information content (AvgIpc) is 1.61. The molecule has 0 heterocycles. The Hall–Kier alpha value is -1.25. The van der Waals surface area contributed by atoms with Gasteiger partial charge in [0.1, 0.15) is 0 Å². The van der Waals surface area contributed by atoms with Crippen LogP contribution in [0.5, 0.6) is 0 Å². The Morgan fingerprint density at radius 1 is 1.38 bits per heavy atom. The molecule has 0 saturated carbocycles. The molecule has 8 heavy (non-hydrogen) atoms. The van der Waals surface area contributed by atoms with Gasteiger partial charge >= 0.3 is 0 Å². The van der Waals surface area contributed by atoms with Crippen LogP contribution in [-0.4, -0.2) is 5.91 Å². The number of carbonyl (C=O) groups is 1. The predicted octanol–water partition coefficient (Wildman–Crippen LogP) is -0.500.